The molecule has 2 aromatic rings. The summed E-state index contributed by atoms with van der Waals surface area (Å²) in [5.74, 6) is -0.239. The first-order valence-corrected chi connectivity index (χ1v) is 9.10. The standard InChI is InChI=1S/C19H21F2NO4S/c1-11-8-14(12(2)27-11)15(23)5-7-18(24)22-10-13-4-6-16(26-19(20)21)17(9-13)25-3/h4,6,8-9,19H,5,7,10H2,1-3H3,(H,22,24). The number of benzene rings is 1. The van der Waals surface area contributed by atoms with Gasteiger partial charge in [-0.3, -0.25) is 9.59 Å². The van der Waals surface area contributed by atoms with Gasteiger partial charge in [-0.2, -0.15) is 8.78 Å². The summed E-state index contributed by atoms with van der Waals surface area (Å²) in [5, 5.41) is 2.70. The van der Waals surface area contributed by atoms with E-state index in [1.54, 1.807) is 17.4 Å². The second kappa shape index (κ2) is 9.45. The molecule has 1 aromatic heterocycles. The second-order valence-corrected chi connectivity index (χ2v) is 7.35. The molecule has 0 atom stereocenters. The Morgan fingerprint density at radius 3 is 2.48 bits per heavy atom. The summed E-state index contributed by atoms with van der Waals surface area (Å²) < 4.78 is 34.0. The van der Waals surface area contributed by atoms with Crippen LogP contribution < -0.4 is 14.8 Å². The highest BCUT2D eigenvalue weighted by Crippen LogP contribution is 2.29. The number of aryl methyl sites for hydroxylation is 2. The number of carbonyl (C=O) groups excluding carboxylic acids is 2. The highest BCUT2D eigenvalue weighted by molar-refractivity contribution is 7.12. The van der Waals surface area contributed by atoms with Gasteiger partial charge in [-0.15, -0.1) is 11.3 Å². The molecule has 0 radical (unpaired) electrons. The van der Waals surface area contributed by atoms with Gasteiger partial charge < -0.3 is 14.8 Å². The summed E-state index contributed by atoms with van der Waals surface area (Å²) in [5.41, 5.74) is 1.34. The van der Waals surface area contributed by atoms with Gasteiger partial charge in [0.15, 0.2) is 17.3 Å². The molecule has 0 bridgehead atoms. The number of carbonyl (C=O) groups is 2. The molecule has 0 aliphatic heterocycles. The summed E-state index contributed by atoms with van der Waals surface area (Å²) in [6, 6.07) is 6.27. The first kappa shape index (κ1) is 20.8. The van der Waals surface area contributed by atoms with E-state index in [1.165, 1.54) is 19.2 Å². The highest BCUT2D eigenvalue weighted by Gasteiger charge is 2.14. The van der Waals surface area contributed by atoms with Crippen LogP contribution in [0.1, 0.15) is 38.5 Å². The van der Waals surface area contributed by atoms with Crippen molar-refractivity contribution in [1.29, 1.82) is 0 Å². The fourth-order valence-electron chi connectivity index (χ4n) is 2.57. The quantitative estimate of drug-likeness (QED) is 0.643. The Morgan fingerprint density at radius 2 is 1.89 bits per heavy atom. The monoisotopic (exact) mass is 397 g/mol. The van der Waals surface area contributed by atoms with Crippen LogP contribution in [0.25, 0.3) is 0 Å². The zero-order chi connectivity index (χ0) is 20.0. The number of nitrogens with one attached hydrogen (secondary N) is 1. The van der Waals surface area contributed by atoms with E-state index in [4.69, 9.17) is 4.74 Å². The SMILES string of the molecule is COc1cc(CNC(=O)CCC(=O)c2cc(C)sc2C)ccc1OC(F)F. The summed E-state index contributed by atoms with van der Waals surface area (Å²) in [7, 11) is 1.34. The summed E-state index contributed by atoms with van der Waals surface area (Å²) >= 11 is 1.56. The average Bonchev–Trinajstić information content (AvgIpc) is 2.96. The Bertz CT molecular complexity index is 820. The number of halogens is 2. The normalized spacial score (nSPS) is 10.7. The van der Waals surface area contributed by atoms with E-state index in [2.05, 4.69) is 10.1 Å². The van der Waals surface area contributed by atoms with Gasteiger partial charge in [0.05, 0.1) is 7.11 Å². The lowest BCUT2D eigenvalue weighted by atomic mass is 10.1. The van der Waals surface area contributed by atoms with Crippen LogP contribution in [0.15, 0.2) is 24.3 Å². The van der Waals surface area contributed by atoms with Crippen molar-refractivity contribution in [3.63, 3.8) is 0 Å². The number of amides is 1. The Labute approximate surface area is 160 Å². The van der Waals surface area contributed by atoms with Crippen molar-refractivity contribution in [2.45, 2.75) is 39.8 Å². The zero-order valence-corrected chi connectivity index (χ0v) is 16.1. The van der Waals surface area contributed by atoms with Crippen molar-refractivity contribution < 1.29 is 27.8 Å². The number of ketones is 1. The number of alkyl halides is 2. The summed E-state index contributed by atoms with van der Waals surface area (Å²) in [6.07, 6.45) is 0.213. The minimum Gasteiger partial charge on any atom is -0.493 e. The number of hydrogen-bond donors (Lipinski definition) is 1. The molecular weight excluding hydrogens is 376 g/mol. The third-order valence-electron chi connectivity index (χ3n) is 3.85. The molecule has 146 valence electrons. The van der Waals surface area contributed by atoms with Gasteiger partial charge in [0.2, 0.25) is 5.91 Å². The first-order chi connectivity index (χ1) is 12.8. The second-order valence-electron chi connectivity index (χ2n) is 5.89. The summed E-state index contributed by atoms with van der Waals surface area (Å²) in [6.45, 7) is 1.07. The van der Waals surface area contributed by atoms with Gasteiger partial charge in [0, 0.05) is 34.7 Å². The molecule has 1 heterocycles. The van der Waals surface area contributed by atoms with Crippen LogP contribution in [0, 0.1) is 13.8 Å². The highest BCUT2D eigenvalue weighted by atomic mass is 32.1. The molecule has 0 spiro atoms. The molecule has 1 N–H and O–H groups in total. The molecule has 0 saturated heterocycles. The van der Waals surface area contributed by atoms with E-state index in [-0.39, 0.29) is 42.6 Å². The average molecular weight is 397 g/mol. The van der Waals surface area contributed by atoms with Gasteiger partial charge in [0.1, 0.15) is 0 Å². The maximum atomic E-state index is 12.3. The molecule has 27 heavy (non-hydrogen) atoms. The van der Waals surface area contributed by atoms with Crippen LogP contribution in [0.5, 0.6) is 11.5 Å². The fraction of sp³-hybridized carbons (Fsp3) is 0.368. The smallest absolute Gasteiger partial charge is 0.387 e. The van der Waals surface area contributed by atoms with E-state index in [0.29, 0.717) is 11.1 Å². The molecule has 0 fully saturated rings. The van der Waals surface area contributed by atoms with Crippen molar-refractivity contribution in [3.05, 3.63) is 45.1 Å². The molecular formula is C19H21F2NO4S. The van der Waals surface area contributed by atoms with E-state index >= 15 is 0 Å². The van der Waals surface area contributed by atoms with Crippen LogP contribution in [-0.2, 0) is 11.3 Å². The van der Waals surface area contributed by atoms with Gasteiger partial charge >= 0.3 is 6.61 Å². The van der Waals surface area contributed by atoms with Crippen LogP contribution in [0.3, 0.4) is 0 Å². The number of methoxy groups -OCH3 is 1. The number of hydrogen-bond acceptors (Lipinski definition) is 5. The predicted molar refractivity (Wildman–Crippen MR) is 98.8 cm³/mol. The van der Waals surface area contributed by atoms with Crippen molar-refractivity contribution in [3.8, 4) is 11.5 Å². The molecule has 8 heteroatoms. The van der Waals surface area contributed by atoms with Gasteiger partial charge in [-0.25, -0.2) is 0 Å². The number of rotatable bonds is 9. The first-order valence-electron chi connectivity index (χ1n) is 8.28. The molecule has 2 rings (SSSR count). The van der Waals surface area contributed by atoms with Gasteiger partial charge in [0.25, 0.3) is 0 Å². The van der Waals surface area contributed by atoms with Crippen molar-refractivity contribution in [2.75, 3.05) is 7.11 Å². The van der Waals surface area contributed by atoms with E-state index in [9.17, 15) is 18.4 Å². The van der Waals surface area contributed by atoms with Crippen LogP contribution >= 0.6 is 11.3 Å². The Balaban J connectivity index is 1.86. The van der Waals surface area contributed by atoms with Crippen molar-refractivity contribution in [2.24, 2.45) is 0 Å². The lowest BCUT2D eigenvalue weighted by molar-refractivity contribution is -0.121. The van der Waals surface area contributed by atoms with E-state index in [0.717, 1.165) is 9.75 Å². The third kappa shape index (κ3) is 6.02. The van der Waals surface area contributed by atoms with Crippen molar-refractivity contribution in [1.82, 2.24) is 5.32 Å². The van der Waals surface area contributed by atoms with E-state index in [1.807, 2.05) is 19.9 Å². The van der Waals surface area contributed by atoms with Gasteiger partial charge in [-0.1, -0.05) is 6.07 Å². The minimum absolute atomic E-state index is 0.0535. The fourth-order valence-corrected chi connectivity index (χ4v) is 3.52. The molecule has 1 aromatic carbocycles. The maximum absolute atomic E-state index is 12.3. The zero-order valence-electron chi connectivity index (χ0n) is 15.3. The topological polar surface area (TPSA) is 64.6 Å². The van der Waals surface area contributed by atoms with Crippen molar-refractivity contribution >= 4 is 23.0 Å². The molecule has 0 aliphatic carbocycles. The van der Waals surface area contributed by atoms with Crippen LogP contribution in [0.2, 0.25) is 0 Å². The number of Topliss-reactive ketones (excluding diaryl/α,β-unsaturated/α-hetero) is 1. The molecule has 1 amide bonds. The third-order valence-corrected chi connectivity index (χ3v) is 4.82. The largest absolute Gasteiger partial charge is 0.493 e. The maximum Gasteiger partial charge on any atom is 0.387 e. The Morgan fingerprint density at radius 1 is 1.15 bits per heavy atom. The van der Waals surface area contributed by atoms with Crippen LogP contribution in [0.4, 0.5) is 8.78 Å². The molecule has 0 unspecified atom stereocenters. The van der Waals surface area contributed by atoms with E-state index < -0.39 is 6.61 Å². The minimum atomic E-state index is -2.95. The van der Waals surface area contributed by atoms with Crippen LogP contribution in [-0.4, -0.2) is 25.4 Å². The molecule has 5 nitrogen and oxygen atoms in total. The predicted octanol–water partition coefficient (Wildman–Crippen LogP) is 4.25. The Kier molecular flexibility index (Phi) is 7.29. The number of thiophene rings is 1. The lowest BCUT2D eigenvalue weighted by Crippen LogP contribution is -2.23. The lowest BCUT2D eigenvalue weighted by Gasteiger charge is -2.12. The van der Waals surface area contributed by atoms with Gasteiger partial charge in [-0.05, 0) is 37.6 Å². The Hall–Kier alpha value is -2.48. The number of ether oxygens (including phenoxy) is 2. The molecule has 0 aliphatic rings. The summed E-state index contributed by atoms with van der Waals surface area (Å²) in [4.78, 5) is 26.2. The molecule has 0 saturated carbocycles.